The van der Waals surface area contributed by atoms with Crippen LogP contribution in [0.5, 0.6) is 5.75 Å². The molecule has 0 aromatic heterocycles. The molecule has 0 unspecified atom stereocenters. The van der Waals surface area contributed by atoms with Gasteiger partial charge in [-0.25, -0.2) is 0 Å². The van der Waals surface area contributed by atoms with E-state index in [4.69, 9.17) is 9.84 Å². The van der Waals surface area contributed by atoms with E-state index in [1.807, 2.05) is 13.0 Å². The number of hydrogen-bond donors (Lipinski definition) is 2. The van der Waals surface area contributed by atoms with Crippen LogP contribution in [0.2, 0.25) is 0 Å². The molecule has 6 heteroatoms. The third-order valence-electron chi connectivity index (χ3n) is 2.96. The fourth-order valence-electron chi connectivity index (χ4n) is 1.95. The molecule has 0 saturated heterocycles. The molecule has 1 aromatic carbocycles. The van der Waals surface area contributed by atoms with E-state index in [0.29, 0.717) is 18.0 Å². The Balaban J connectivity index is 2.14. The van der Waals surface area contributed by atoms with Crippen molar-refractivity contribution in [1.29, 1.82) is 0 Å². The molecule has 1 aliphatic heterocycles. The number of rotatable bonds is 7. The maximum atomic E-state index is 12.1. The fourth-order valence-corrected chi connectivity index (χ4v) is 1.95. The molecule has 116 valence electrons. The van der Waals surface area contributed by atoms with Crippen molar-refractivity contribution in [1.82, 2.24) is 4.90 Å². The molecule has 2 amide bonds. The average molecular weight is 302 g/mol. The van der Waals surface area contributed by atoms with Crippen LogP contribution in [0.25, 0.3) is 0 Å². The summed E-state index contributed by atoms with van der Waals surface area (Å²) in [5.74, 6) is -0.345. The summed E-state index contributed by atoms with van der Waals surface area (Å²) in [6.45, 7) is 5.70. The standard InChI is InChI=1S/C16H18N2O4/c1-11(2)10-22-14-6-4-3-5-12(14)17-13-9-15(20)18(7-8-19)16(13)21/h3-6,9,17,19H,1,7-8,10H2,2H3. The van der Waals surface area contributed by atoms with E-state index in [1.54, 1.807) is 18.2 Å². The number of anilines is 1. The van der Waals surface area contributed by atoms with E-state index in [1.165, 1.54) is 6.08 Å². The number of benzene rings is 1. The molecule has 2 rings (SSSR count). The molecule has 0 radical (unpaired) electrons. The van der Waals surface area contributed by atoms with Gasteiger partial charge in [-0.3, -0.25) is 14.5 Å². The van der Waals surface area contributed by atoms with Gasteiger partial charge in [-0.2, -0.15) is 0 Å². The quantitative estimate of drug-likeness (QED) is 0.586. The van der Waals surface area contributed by atoms with Crippen molar-refractivity contribution in [3.63, 3.8) is 0 Å². The molecule has 22 heavy (non-hydrogen) atoms. The second-order valence-corrected chi connectivity index (χ2v) is 4.94. The number of imide groups is 1. The van der Waals surface area contributed by atoms with Gasteiger partial charge in [0.1, 0.15) is 18.1 Å². The van der Waals surface area contributed by atoms with Gasteiger partial charge in [-0.15, -0.1) is 0 Å². The summed E-state index contributed by atoms with van der Waals surface area (Å²) in [7, 11) is 0. The number of β-amino-alcohol motifs (C(OH)–C–C–N with tert-alkyl or cyclic N) is 1. The summed E-state index contributed by atoms with van der Waals surface area (Å²) in [6.07, 6.45) is 1.22. The number of aliphatic hydroxyl groups is 1. The first-order valence-corrected chi connectivity index (χ1v) is 6.84. The highest BCUT2D eigenvalue weighted by Crippen LogP contribution is 2.27. The van der Waals surface area contributed by atoms with Crippen LogP contribution in [0.1, 0.15) is 6.92 Å². The summed E-state index contributed by atoms with van der Waals surface area (Å²) >= 11 is 0. The lowest BCUT2D eigenvalue weighted by molar-refractivity contribution is -0.137. The first-order chi connectivity index (χ1) is 10.5. The van der Waals surface area contributed by atoms with Gasteiger partial charge in [-0.1, -0.05) is 18.7 Å². The number of carbonyl (C=O) groups is 2. The van der Waals surface area contributed by atoms with E-state index in [2.05, 4.69) is 11.9 Å². The van der Waals surface area contributed by atoms with E-state index in [0.717, 1.165) is 10.5 Å². The zero-order valence-corrected chi connectivity index (χ0v) is 12.3. The van der Waals surface area contributed by atoms with Crippen LogP contribution >= 0.6 is 0 Å². The van der Waals surface area contributed by atoms with Crippen molar-refractivity contribution in [3.8, 4) is 5.75 Å². The minimum atomic E-state index is -0.464. The maximum absolute atomic E-state index is 12.1. The molecule has 2 N–H and O–H groups in total. The Morgan fingerprint density at radius 1 is 1.36 bits per heavy atom. The van der Waals surface area contributed by atoms with Crippen molar-refractivity contribution in [2.45, 2.75) is 6.92 Å². The molecule has 0 spiro atoms. The number of nitrogens with zero attached hydrogens (tertiary/aromatic N) is 1. The SMILES string of the molecule is C=C(C)COc1ccccc1NC1=CC(=O)N(CCO)C1=O. The summed E-state index contributed by atoms with van der Waals surface area (Å²) in [5, 5.41) is 11.8. The molecule has 0 aliphatic carbocycles. The number of ether oxygens (including phenoxy) is 1. The lowest BCUT2D eigenvalue weighted by Crippen LogP contribution is -2.34. The predicted octanol–water partition coefficient (Wildman–Crippen LogP) is 1.30. The van der Waals surface area contributed by atoms with Gasteiger partial charge in [0.2, 0.25) is 0 Å². The topological polar surface area (TPSA) is 78.9 Å². The Morgan fingerprint density at radius 3 is 2.77 bits per heavy atom. The largest absolute Gasteiger partial charge is 0.487 e. The fraction of sp³-hybridized carbons (Fsp3) is 0.250. The van der Waals surface area contributed by atoms with Crippen LogP contribution in [-0.4, -0.2) is 41.6 Å². The van der Waals surface area contributed by atoms with Crippen molar-refractivity contribution in [2.24, 2.45) is 0 Å². The number of nitrogens with one attached hydrogen (secondary N) is 1. The van der Waals surface area contributed by atoms with Crippen LogP contribution < -0.4 is 10.1 Å². The summed E-state index contributed by atoms with van der Waals surface area (Å²) < 4.78 is 5.61. The predicted molar refractivity (Wildman–Crippen MR) is 82.3 cm³/mol. The number of hydrogen-bond acceptors (Lipinski definition) is 5. The van der Waals surface area contributed by atoms with Crippen molar-refractivity contribution in [2.75, 3.05) is 25.1 Å². The van der Waals surface area contributed by atoms with Crippen molar-refractivity contribution < 1.29 is 19.4 Å². The Bertz CT molecular complexity index is 637. The van der Waals surface area contributed by atoms with Crippen LogP contribution in [-0.2, 0) is 9.59 Å². The molecule has 1 heterocycles. The first-order valence-electron chi connectivity index (χ1n) is 6.84. The van der Waals surface area contributed by atoms with E-state index in [9.17, 15) is 9.59 Å². The number of amides is 2. The van der Waals surface area contributed by atoms with Crippen LogP contribution in [0.3, 0.4) is 0 Å². The lowest BCUT2D eigenvalue weighted by Gasteiger charge is -2.15. The number of carbonyl (C=O) groups excluding carboxylic acids is 2. The minimum absolute atomic E-state index is 0.0207. The summed E-state index contributed by atoms with van der Waals surface area (Å²) in [5.41, 5.74) is 1.61. The Morgan fingerprint density at radius 2 is 2.09 bits per heavy atom. The Hall–Kier alpha value is -2.60. The van der Waals surface area contributed by atoms with Gasteiger partial charge < -0.3 is 15.2 Å². The van der Waals surface area contributed by atoms with Crippen LogP contribution in [0.4, 0.5) is 5.69 Å². The second kappa shape index (κ2) is 6.91. The van der Waals surface area contributed by atoms with Crippen molar-refractivity contribution in [3.05, 3.63) is 48.2 Å². The molecular formula is C16H18N2O4. The zero-order chi connectivity index (χ0) is 16.1. The third kappa shape index (κ3) is 3.53. The van der Waals surface area contributed by atoms with Gasteiger partial charge in [0.25, 0.3) is 11.8 Å². The minimum Gasteiger partial charge on any atom is -0.487 e. The first kappa shape index (κ1) is 15.8. The van der Waals surface area contributed by atoms with Crippen LogP contribution in [0.15, 0.2) is 48.2 Å². The van der Waals surface area contributed by atoms with Gasteiger partial charge in [0.05, 0.1) is 18.8 Å². The average Bonchev–Trinajstić information content (AvgIpc) is 2.74. The molecule has 6 nitrogen and oxygen atoms in total. The molecule has 0 atom stereocenters. The summed E-state index contributed by atoms with van der Waals surface area (Å²) in [6, 6.07) is 7.12. The highest BCUT2D eigenvalue weighted by atomic mass is 16.5. The Labute approximate surface area is 128 Å². The van der Waals surface area contributed by atoms with Gasteiger partial charge in [-0.05, 0) is 24.6 Å². The molecular weight excluding hydrogens is 284 g/mol. The van der Waals surface area contributed by atoms with Crippen LogP contribution in [0, 0.1) is 0 Å². The number of para-hydroxylation sites is 2. The number of aliphatic hydroxyl groups excluding tert-OH is 1. The van der Waals surface area contributed by atoms with Gasteiger partial charge in [0, 0.05) is 6.08 Å². The molecule has 0 saturated carbocycles. The second-order valence-electron chi connectivity index (χ2n) is 4.94. The van der Waals surface area contributed by atoms with Gasteiger partial charge >= 0.3 is 0 Å². The Kier molecular flexibility index (Phi) is 4.95. The maximum Gasteiger partial charge on any atom is 0.277 e. The van der Waals surface area contributed by atoms with E-state index >= 15 is 0 Å². The molecule has 0 bridgehead atoms. The molecule has 0 fully saturated rings. The zero-order valence-electron chi connectivity index (χ0n) is 12.3. The molecule has 1 aliphatic rings. The monoisotopic (exact) mass is 302 g/mol. The normalized spacial score (nSPS) is 14.1. The van der Waals surface area contributed by atoms with E-state index in [-0.39, 0.29) is 18.8 Å². The lowest BCUT2D eigenvalue weighted by atomic mass is 10.2. The van der Waals surface area contributed by atoms with E-state index < -0.39 is 11.8 Å². The highest BCUT2D eigenvalue weighted by Gasteiger charge is 2.30. The highest BCUT2D eigenvalue weighted by molar-refractivity contribution is 6.17. The van der Waals surface area contributed by atoms with Gasteiger partial charge in [0.15, 0.2) is 0 Å². The van der Waals surface area contributed by atoms with Crippen molar-refractivity contribution >= 4 is 17.5 Å². The molecule has 1 aromatic rings. The smallest absolute Gasteiger partial charge is 0.277 e. The summed E-state index contributed by atoms with van der Waals surface area (Å²) in [4.78, 5) is 24.8. The third-order valence-corrected chi connectivity index (χ3v) is 2.96.